The van der Waals surface area contributed by atoms with Crippen LogP contribution in [-0.4, -0.2) is 31.3 Å². The summed E-state index contributed by atoms with van der Waals surface area (Å²) in [6.07, 6.45) is 0. The summed E-state index contributed by atoms with van der Waals surface area (Å²) in [4.78, 5) is 10.8. The molecule has 0 fully saturated rings. The first kappa shape index (κ1) is 13.9. The first-order valence-electron chi connectivity index (χ1n) is 4.20. The molecular weight excluding hydrogens is 220 g/mol. The number of nitriles is 1. The van der Waals surface area contributed by atoms with Gasteiger partial charge in [0.25, 0.3) is 0 Å². The molecule has 0 radical (unpaired) electrons. The van der Waals surface area contributed by atoms with E-state index in [2.05, 4.69) is 0 Å². The van der Waals surface area contributed by atoms with Gasteiger partial charge < -0.3 is 5.11 Å². The second kappa shape index (κ2) is 4.59. The van der Waals surface area contributed by atoms with Crippen molar-refractivity contribution in [3.8, 4) is 6.07 Å². The highest BCUT2D eigenvalue weighted by Gasteiger charge is 2.34. The third-order valence-electron chi connectivity index (χ3n) is 1.66. The molecule has 0 spiro atoms. The fraction of sp³-hybridized carbons (Fsp3) is 0.750. The van der Waals surface area contributed by atoms with Gasteiger partial charge in [0.05, 0.1) is 6.07 Å². The van der Waals surface area contributed by atoms with Crippen LogP contribution in [0.4, 0.5) is 0 Å². The molecule has 0 aliphatic rings. The first-order chi connectivity index (χ1) is 6.60. The number of carbonyl (C=O) groups is 1. The highest BCUT2D eigenvalue weighted by atomic mass is 32.2. The Hall–Kier alpha value is -1.13. The Morgan fingerprint density at radius 2 is 2.00 bits per heavy atom. The third-order valence-corrected chi connectivity index (χ3v) is 2.77. The third kappa shape index (κ3) is 4.76. The topological polar surface area (TPSA) is 107 Å². The molecule has 7 heteroatoms. The van der Waals surface area contributed by atoms with Crippen LogP contribution < -0.4 is 4.72 Å². The maximum Gasteiger partial charge on any atom is 0.322 e. The molecule has 2 N–H and O–H groups in total. The van der Waals surface area contributed by atoms with E-state index in [0.717, 1.165) is 0 Å². The van der Waals surface area contributed by atoms with Gasteiger partial charge in [0.2, 0.25) is 10.0 Å². The molecule has 0 aliphatic carbocycles. The van der Waals surface area contributed by atoms with Gasteiger partial charge in [0.1, 0.15) is 6.04 Å². The zero-order chi connectivity index (χ0) is 12.3. The van der Waals surface area contributed by atoms with Crippen molar-refractivity contribution in [1.29, 1.82) is 5.26 Å². The average Bonchev–Trinajstić information content (AvgIpc) is 1.97. The number of sulfonamides is 1. The molecule has 0 aromatic carbocycles. The van der Waals surface area contributed by atoms with Gasteiger partial charge >= 0.3 is 5.97 Å². The van der Waals surface area contributed by atoms with E-state index < -0.39 is 33.2 Å². The van der Waals surface area contributed by atoms with Crippen LogP contribution in [0, 0.1) is 16.7 Å². The van der Waals surface area contributed by atoms with Crippen LogP contribution in [0.15, 0.2) is 0 Å². The molecule has 0 unspecified atom stereocenters. The molecule has 1 atom stereocenters. The standard InChI is InChI=1S/C8H14N2O4S/c1-8(2,3)6(7(11)12)10-15(13,14)5-4-9/h6,10H,5H2,1-3H3,(H,11,12)/t6-/m0/s1. The van der Waals surface area contributed by atoms with Crippen molar-refractivity contribution < 1.29 is 18.3 Å². The number of hydrogen-bond acceptors (Lipinski definition) is 4. The molecule has 6 nitrogen and oxygen atoms in total. The first-order valence-corrected chi connectivity index (χ1v) is 5.85. The van der Waals surface area contributed by atoms with Gasteiger partial charge in [-0.1, -0.05) is 20.8 Å². The minimum atomic E-state index is -3.85. The summed E-state index contributed by atoms with van der Waals surface area (Å²) in [7, 11) is -3.85. The number of carboxylic acids is 1. The second-order valence-electron chi connectivity index (χ2n) is 4.17. The maximum absolute atomic E-state index is 11.2. The quantitative estimate of drug-likeness (QED) is 0.708. The fourth-order valence-corrected chi connectivity index (χ4v) is 1.97. The summed E-state index contributed by atoms with van der Waals surface area (Å²) in [5.74, 6) is -2.00. The molecule has 0 amide bonds. The minimum Gasteiger partial charge on any atom is -0.480 e. The fourth-order valence-electron chi connectivity index (χ4n) is 0.904. The summed E-state index contributed by atoms with van der Waals surface area (Å²) in [6.45, 7) is 4.79. The van der Waals surface area contributed by atoms with Crippen molar-refractivity contribution in [2.24, 2.45) is 5.41 Å². The predicted octanol–water partition coefficient (Wildman–Crippen LogP) is -0.0713. The maximum atomic E-state index is 11.2. The van der Waals surface area contributed by atoms with E-state index in [4.69, 9.17) is 10.4 Å². The van der Waals surface area contributed by atoms with Crippen LogP contribution in [-0.2, 0) is 14.8 Å². The predicted molar refractivity (Wildman–Crippen MR) is 53.4 cm³/mol. The summed E-state index contributed by atoms with van der Waals surface area (Å²) in [5.41, 5.74) is -0.756. The number of hydrogen-bond donors (Lipinski definition) is 2. The van der Waals surface area contributed by atoms with Crippen LogP contribution in [0.5, 0.6) is 0 Å². The zero-order valence-corrected chi connectivity index (χ0v) is 9.63. The lowest BCUT2D eigenvalue weighted by atomic mass is 9.88. The van der Waals surface area contributed by atoms with E-state index in [0.29, 0.717) is 0 Å². The SMILES string of the molecule is CC(C)(C)[C@@H](NS(=O)(=O)CC#N)C(=O)O. The normalized spacial score (nSPS) is 14.3. The van der Waals surface area contributed by atoms with Crippen LogP contribution in [0.3, 0.4) is 0 Å². The highest BCUT2D eigenvalue weighted by molar-refractivity contribution is 7.89. The Morgan fingerprint density at radius 1 is 1.53 bits per heavy atom. The van der Waals surface area contributed by atoms with E-state index >= 15 is 0 Å². The van der Waals surface area contributed by atoms with E-state index in [1.54, 1.807) is 20.8 Å². The molecule has 0 saturated heterocycles. The number of rotatable bonds is 4. The summed E-state index contributed by atoms with van der Waals surface area (Å²) < 4.78 is 24.4. The number of aliphatic carboxylic acids is 1. The lowest BCUT2D eigenvalue weighted by molar-refractivity contribution is -0.141. The minimum absolute atomic E-state index is 0.743. The lowest BCUT2D eigenvalue weighted by Gasteiger charge is -2.27. The van der Waals surface area contributed by atoms with Crippen LogP contribution in [0.25, 0.3) is 0 Å². The molecule has 0 saturated carbocycles. The van der Waals surface area contributed by atoms with Gasteiger partial charge in [-0.2, -0.15) is 9.98 Å². The molecule has 0 rings (SSSR count). The molecular formula is C8H14N2O4S. The lowest BCUT2D eigenvalue weighted by Crippen LogP contribution is -2.49. The van der Waals surface area contributed by atoms with Crippen molar-refractivity contribution in [1.82, 2.24) is 4.72 Å². The Balaban J connectivity index is 4.89. The highest BCUT2D eigenvalue weighted by Crippen LogP contribution is 2.20. The molecule has 0 aliphatic heterocycles. The van der Waals surface area contributed by atoms with Crippen molar-refractivity contribution in [3.05, 3.63) is 0 Å². The molecule has 0 aromatic heterocycles. The Kier molecular flexibility index (Phi) is 4.25. The van der Waals surface area contributed by atoms with Crippen LogP contribution in [0.2, 0.25) is 0 Å². The van der Waals surface area contributed by atoms with Crippen molar-refractivity contribution in [2.75, 3.05) is 5.75 Å². The van der Waals surface area contributed by atoms with Crippen LogP contribution in [0.1, 0.15) is 20.8 Å². The molecule has 86 valence electrons. The van der Waals surface area contributed by atoms with E-state index in [1.807, 2.05) is 4.72 Å². The molecule has 0 heterocycles. The van der Waals surface area contributed by atoms with Gasteiger partial charge in [-0.25, -0.2) is 8.42 Å². The zero-order valence-electron chi connectivity index (χ0n) is 8.81. The Morgan fingerprint density at radius 3 is 2.27 bits per heavy atom. The van der Waals surface area contributed by atoms with Crippen molar-refractivity contribution in [2.45, 2.75) is 26.8 Å². The summed E-state index contributed by atoms with van der Waals surface area (Å²) in [5, 5.41) is 17.1. The molecule has 0 bridgehead atoms. The molecule has 15 heavy (non-hydrogen) atoms. The number of carboxylic acid groups (broad SMARTS) is 1. The van der Waals surface area contributed by atoms with Crippen molar-refractivity contribution in [3.63, 3.8) is 0 Å². The van der Waals surface area contributed by atoms with Gasteiger partial charge in [-0.05, 0) is 5.41 Å². The Bertz CT molecular complexity index is 374. The van der Waals surface area contributed by atoms with Crippen molar-refractivity contribution >= 4 is 16.0 Å². The molecule has 0 aromatic rings. The Labute approximate surface area is 89.0 Å². The number of nitrogens with zero attached hydrogens (tertiary/aromatic N) is 1. The van der Waals surface area contributed by atoms with Gasteiger partial charge in [0, 0.05) is 0 Å². The summed E-state index contributed by atoms with van der Waals surface area (Å²) >= 11 is 0. The second-order valence-corrected chi connectivity index (χ2v) is 5.93. The van der Waals surface area contributed by atoms with Gasteiger partial charge in [0.15, 0.2) is 5.75 Å². The van der Waals surface area contributed by atoms with Crippen LogP contribution >= 0.6 is 0 Å². The van der Waals surface area contributed by atoms with Gasteiger partial charge in [-0.3, -0.25) is 4.79 Å². The monoisotopic (exact) mass is 234 g/mol. The van der Waals surface area contributed by atoms with Gasteiger partial charge in [-0.15, -0.1) is 0 Å². The smallest absolute Gasteiger partial charge is 0.322 e. The summed E-state index contributed by atoms with van der Waals surface area (Å²) in [6, 6.07) is 0.220. The van der Waals surface area contributed by atoms with E-state index in [1.165, 1.54) is 6.07 Å². The van der Waals surface area contributed by atoms with E-state index in [9.17, 15) is 13.2 Å². The number of nitrogens with one attached hydrogen (secondary N) is 1. The average molecular weight is 234 g/mol. The van der Waals surface area contributed by atoms with E-state index in [-0.39, 0.29) is 0 Å². The largest absolute Gasteiger partial charge is 0.480 e.